The summed E-state index contributed by atoms with van der Waals surface area (Å²) in [5.41, 5.74) is 1.65. The summed E-state index contributed by atoms with van der Waals surface area (Å²) in [5, 5.41) is 16.7. The molecule has 0 atom stereocenters. The minimum absolute atomic E-state index is 0.0293. The maximum Gasteiger partial charge on any atom is 0.269 e. The highest BCUT2D eigenvalue weighted by Gasteiger charge is 2.16. The van der Waals surface area contributed by atoms with Crippen LogP contribution in [-0.4, -0.2) is 16.7 Å². The van der Waals surface area contributed by atoms with E-state index in [0.717, 1.165) is 5.56 Å². The van der Waals surface area contributed by atoms with E-state index in [-0.39, 0.29) is 23.5 Å². The smallest absolute Gasteiger partial charge is 0.269 e. The van der Waals surface area contributed by atoms with Gasteiger partial charge in [0.25, 0.3) is 17.5 Å². The Morgan fingerprint density at radius 1 is 0.935 bits per heavy atom. The van der Waals surface area contributed by atoms with E-state index < -0.39 is 16.7 Å². The Morgan fingerprint density at radius 2 is 1.58 bits per heavy atom. The zero-order valence-electron chi connectivity index (χ0n) is 16.2. The summed E-state index contributed by atoms with van der Waals surface area (Å²) < 4.78 is 0. The van der Waals surface area contributed by atoms with Gasteiger partial charge in [-0.3, -0.25) is 19.7 Å². The molecule has 0 spiro atoms. The van der Waals surface area contributed by atoms with Crippen molar-refractivity contribution in [3.63, 3.8) is 0 Å². The summed E-state index contributed by atoms with van der Waals surface area (Å²) in [5.74, 6) is -1.04. The molecule has 7 nitrogen and oxygen atoms in total. The first-order chi connectivity index (χ1) is 14.9. The van der Waals surface area contributed by atoms with E-state index in [0.29, 0.717) is 10.6 Å². The molecule has 0 bridgehead atoms. The van der Waals surface area contributed by atoms with E-state index in [2.05, 4.69) is 10.6 Å². The number of nitro groups is 1. The van der Waals surface area contributed by atoms with E-state index >= 15 is 0 Å². The topological polar surface area (TPSA) is 101 Å². The van der Waals surface area contributed by atoms with Gasteiger partial charge < -0.3 is 10.6 Å². The molecule has 0 saturated carbocycles. The number of hydrogen-bond acceptors (Lipinski definition) is 4. The molecule has 0 fully saturated rings. The van der Waals surface area contributed by atoms with Crippen molar-refractivity contribution in [1.29, 1.82) is 0 Å². The number of carbonyl (C=O) groups is 2. The minimum atomic E-state index is -0.565. The number of halogens is 1. The lowest BCUT2D eigenvalue weighted by atomic mass is 10.1. The molecule has 0 aromatic heterocycles. The summed E-state index contributed by atoms with van der Waals surface area (Å²) in [6, 6.07) is 21.2. The van der Waals surface area contributed by atoms with Gasteiger partial charge in [0.15, 0.2) is 0 Å². The third-order valence-corrected chi connectivity index (χ3v) is 4.56. The van der Waals surface area contributed by atoms with Crippen molar-refractivity contribution in [3.05, 3.63) is 116 Å². The molecule has 0 aliphatic heterocycles. The average Bonchev–Trinajstić information content (AvgIpc) is 2.79. The summed E-state index contributed by atoms with van der Waals surface area (Å²) in [4.78, 5) is 35.7. The first-order valence-corrected chi connectivity index (χ1v) is 9.65. The zero-order valence-corrected chi connectivity index (χ0v) is 17.0. The number of amides is 2. The molecule has 0 heterocycles. The van der Waals surface area contributed by atoms with E-state index in [4.69, 9.17) is 11.6 Å². The van der Waals surface area contributed by atoms with Crippen LogP contribution >= 0.6 is 11.6 Å². The SMILES string of the molecule is O=C(NCc1ccccc1)/C(=C\c1ccc(Cl)cc1)NC(=O)c1ccc([N+](=O)[O-])cc1. The molecule has 0 aliphatic carbocycles. The van der Waals surface area contributed by atoms with Crippen LogP contribution in [0.25, 0.3) is 6.08 Å². The first-order valence-electron chi connectivity index (χ1n) is 9.27. The van der Waals surface area contributed by atoms with Crippen LogP contribution in [0, 0.1) is 10.1 Å². The minimum Gasteiger partial charge on any atom is -0.347 e. The lowest BCUT2D eigenvalue weighted by molar-refractivity contribution is -0.384. The summed E-state index contributed by atoms with van der Waals surface area (Å²) in [7, 11) is 0. The summed E-state index contributed by atoms with van der Waals surface area (Å²) in [6.07, 6.45) is 1.53. The standard InChI is InChI=1S/C23H18ClN3O4/c24-19-10-6-16(7-11-19)14-21(23(29)25-15-17-4-2-1-3-5-17)26-22(28)18-8-12-20(13-9-18)27(30)31/h1-14H,15H2,(H,25,29)(H,26,28)/b21-14+. The van der Waals surface area contributed by atoms with Gasteiger partial charge in [-0.05, 0) is 41.5 Å². The number of nitro benzene ring substituents is 1. The van der Waals surface area contributed by atoms with Crippen LogP contribution in [0.4, 0.5) is 5.69 Å². The molecule has 8 heteroatoms. The molecular weight excluding hydrogens is 418 g/mol. The second-order valence-corrected chi connectivity index (χ2v) is 6.97. The number of benzene rings is 3. The number of rotatable bonds is 7. The Balaban J connectivity index is 1.80. The van der Waals surface area contributed by atoms with Crippen LogP contribution < -0.4 is 10.6 Å². The normalized spacial score (nSPS) is 10.9. The van der Waals surface area contributed by atoms with E-state index in [1.807, 2.05) is 30.3 Å². The Labute approximate surface area is 183 Å². The Morgan fingerprint density at radius 3 is 2.19 bits per heavy atom. The average molecular weight is 436 g/mol. The quantitative estimate of drug-likeness (QED) is 0.327. The second kappa shape index (κ2) is 10.2. The van der Waals surface area contributed by atoms with Gasteiger partial charge in [-0.1, -0.05) is 54.1 Å². The van der Waals surface area contributed by atoms with Gasteiger partial charge in [0.1, 0.15) is 5.70 Å². The summed E-state index contributed by atoms with van der Waals surface area (Å²) >= 11 is 5.91. The molecular formula is C23H18ClN3O4. The first kappa shape index (κ1) is 21.7. The monoisotopic (exact) mass is 435 g/mol. The van der Waals surface area contributed by atoms with Gasteiger partial charge in [-0.2, -0.15) is 0 Å². The van der Waals surface area contributed by atoms with Crippen molar-refractivity contribution in [2.24, 2.45) is 0 Å². The molecule has 0 radical (unpaired) electrons. The van der Waals surface area contributed by atoms with Gasteiger partial charge in [0.05, 0.1) is 4.92 Å². The Kier molecular flexibility index (Phi) is 7.13. The van der Waals surface area contributed by atoms with Crippen molar-refractivity contribution >= 4 is 35.2 Å². The molecule has 3 aromatic rings. The van der Waals surface area contributed by atoms with E-state index in [1.165, 1.54) is 30.3 Å². The molecule has 2 amide bonds. The van der Waals surface area contributed by atoms with E-state index in [9.17, 15) is 19.7 Å². The van der Waals surface area contributed by atoms with Crippen molar-refractivity contribution in [3.8, 4) is 0 Å². The van der Waals surface area contributed by atoms with Crippen LogP contribution in [0.3, 0.4) is 0 Å². The maximum atomic E-state index is 12.8. The Hall–Kier alpha value is -3.97. The van der Waals surface area contributed by atoms with E-state index in [1.54, 1.807) is 24.3 Å². The molecule has 31 heavy (non-hydrogen) atoms. The molecule has 0 unspecified atom stereocenters. The lowest BCUT2D eigenvalue weighted by Gasteiger charge is -2.11. The lowest BCUT2D eigenvalue weighted by Crippen LogP contribution is -2.34. The molecule has 156 valence electrons. The number of nitrogens with one attached hydrogen (secondary N) is 2. The number of nitrogens with zero attached hydrogens (tertiary/aromatic N) is 1. The van der Waals surface area contributed by atoms with Crippen LogP contribution in [0.15, 0.2) is 84.6 Å². The Bertz CT molecular complexity index is 1110. The fourth-order valence-electron chi connectivity index (χ4n) is 2.69. The number of carbonyl (C=O) groups excluding carboxylic acids is 2. The summed E-state index contributed by atoms with van der Waals surface area (Å²) in [6.45, 7) is 0.283. The second-order valence-electron chi connectivity index (χ2n) is 6.54. The predicted octanol–water partition coefficient (Wildman–Crippen LogP) is 4.34. The third kappa shape index (κ3) is 6.25. The van der Waals surface area contributed by atoms with Crippen LogP contribution in [0.5, 0.6) is 0 Å². The predicted molar refractivity (Wildman–Crippen MR) is 118 cm³/mol. The van der Waals surface area contributed by atoms with Crippen molar-refractivity contribution < 1.29 is 14.5 Å². The van der Waals surface area contributed by atoms with Gasteiger partial charge in [-0.25, -0.2) is 0 Å². The van der Waals surface area contributed by atoms with Crippen molar-refractivity contribution in [1.82, 2.24) is 10.6 Å². The van der Waals surface area contributed by atoms with Crippen molar-refractivity contribution in [2.45, 2.75) is 6.54 Å². The largest absolute Gasteiger partial charge is 0.347 e. The highest BCUT2D eigenvalue weighted by Crippen LogP contribution is 2.14. The van der Waals surface area contributed by atoms with Gasteiger partial charge >= 0.3 is 0 Å². The molecule has 0 aliphatic rings. The highest BCUT2D eigenvalue weighted by atomic mass is 35.5. The number of hydrogen-bond donors (Lipinski definition) is 2. The van der Waals surface area contributed by atoms with Crippen LogP contribution in [-0.2, 0) is 11.3 Å². The maximum absolute atomic E-state index is 12.8. The van der Waals surface area contributed by atoms with Gasteiger partial charge in [-0.15, -0.1) is 0 Å². The highest BCUT2D eigenvalue weighted by molar-refractivity contribution is 6.30. The zero-order chi connectivity index (χ0) is 22.2. The molecule has 3 rings (SSSR count). The van der Waals surface area contributed by atoms with Crippen molar-refractivity contribution in [2.75, 3.05) is 0 Å². The number of non-ortho nitro benzene ring substituents is 1. The van der Waals surface area contributed by atoms with Crippen LogP contribution in [0.1, 0.15) is 21.5 Å². The fourth-order valence-corrected chi connectivity index (χ4v) is 2.81. The van der Waals surface area contributed by atoms with Gasteiger partial charge in [0.2, 0.25) is 0 Å². The third-order valence-electron chi connectivity index (χ3n) is 4.31. The van der Waals surface area contributed by atoms with Gasteiger partial charge in [0, 0.05) is 29.3 Å². The molecule has 3 aromatic carbocycles. The van der Waals surface area contributed by atoms with Crippen LogP contribution in [0.2, 0.25) is 5.02 Å². The molecule has 2 N–H and O–H groups in total. The molecule has 0 saturated heterocycles. The fraction of sp³-hybridized carbons (Fsp3) is 0.0435.